The van der Waals surface area contributed by atoms with Crippen LogP contribution < -0.4 is 9.64 Å². The van der Waals surface area contributed by atoms with Crippen molar-refractivity contribution in [2.24, 2.45) is 0 Å². The number of hydrogen-bond donors (Lipinski definition) is 1. The van der Waals surface area contributed by atoms with Crippen molar-refractivity contribution in [2.45, 2.75) is 12.5 Å². The van der Waals surface area contributed by atoms with Gasteiger partial charge in [-0.15, -0.1) is 0 Å². The lowest BCUT2D eigenvalue weighted by Crippen LogP contribution is -2.26. The van der Waals surface area contributed by atoms with Gasteiger partial charge in [0.2, 0.25) is 0 Å². The van der Waals surface area contributed by atoms with Crippen LogP contribution in [0.2, 0.25) is 0 Å². The molecule has 1 heterocycles. The summed E-state index contributed by atoms with van der Waals surface area (Å²) in [5.74, 6) is 0.889. The lowest BCUT2D eigenvalue weighted by Gasteiger charge is -2.31. The summed E-state index contributed by atoms with van der Waals surface area (Å²) in [5.41, 5.74) is 4.88. The summed E-state index contributed by atoms with van der Waals surface area (Å²) < 4.78 is 5.61. The number of rotatable bonds is 6. The van der Waals surface area contributed by atoms with Crippen LogP contribution in [0, 0.1) is 0 Å². The standard InChI is InChI=1S/C24H24N2O/c1-26(22-14-8-9-15-24(22)27-2)23(18-10-4-3-5-11-18)16-19-17-25-21-13-7-6-12-20(19)21/h3-15,17,23,25H,16H2,1-2H3. The van der Waals surface area contributed by atoms with Crippen molar-refractivity contribution < 1.29 is 4.74 Å². The van der Waals surface area contributed by atoms with E-state index in [1.807, 2.05) is 12.1 Å². The van der Waals surface area contributed by atoms with Crippen molar-refractivity contribution in [3.63, 3.8) is 0 Å². The van der Waals surface area contributed by atoms with Crippen molar-refractivity contribution in [3.05, 3.63) is 96.2 Å². The Morgan fingerprint density at radius 3 is 2.41 bits per heavy atom. The third kappa shape index (κ3) is 3.41. The lowest BCUT2D eigenvalue weighted by atomic mass is 9.96. The Balaban J connectivity index is 1.75. The van der Waals surface area contributed by atoms with Gasteiger partial charge in [-0.3, -0.25) is 0 Å². The summed E-state index contributed by atoms with van der Waals surface area (Å²) in [6.07, 6.45) is 3.04. The molecule has 3 nitrogen and oxygen atoms in total. The first-order valence-corrected chi connectivity index (χ1v) is 9.23. The normalized spacial score (nSPS) is 12.1. The summed E-state index contributed by atoms with van der Waals surface area (Å²) in [5, 5.41) is 1.28. The number of aromatic nitrogens is 1. The molecule has 0 spiro atoms. The Bertz CT molecular complexity index is 1020. The highest BCUT2D eigenvalue weighted by Gasteiger charge is 2.21. The molecule has 0 aliphatic rings. The summed E-state index contributed by atoms with van der Waals surface area (Å²) in [6.45, 7) is 0. The molecule has 0 bridgehead atoms. The first kappa shape index (κ1) is 17.2. The number of benzene rings is 3. The molecule has 0 fully saturated rings. The van der Waals surface area contributed by atoms with E-state index in [2.05, 4.69) is 89.9 Å². The Hall–Kier alpha value is -3.20. The predicted octanol–water partition coefficient (Wildman–Crippen LogP) is 5.60. The van der Waals surface area contributed by atoms with Crippen LogP contribution in [0.5, 0.6) is 5.75 Å². The molecule has 0 aliphatic carbocycles. The average Bonchev–Trinajstić information content (AvgIpc) is 3.15. The molecule has 1 atom stereocenters. The fourth-order valence-electron chi connectivity index (χ4n) is 3.75. The van der Waals surface area contributed by atoms with E-state index in [1.54, 1.807) is 7.11 Å². The van der Waals surface area contributed by atoms with Crippen LogP contribution in [0.25, 0.3) is 10.9 Å². The van der Waals surface area contributed by atoms with Gasteiger partial charge in [-0.1, -0.05) is 60.7 Å². The van der Waals surface area contributed by atoms with Gasteiger partial charge in [-0.2, -0.15) is 0 Å². The van der Waals surface area contributed by atoms with Gasteiger partial charge < -0.3 is 14.6 Å². The molecule has 1 N–H and O–H groups in total. The molecule has 0 amide bonds. The van der Waals surface area contributed by atoms with Crippen molar-refractivity contribution in [1.29, 1.82) is 0 Å². The van der Waals surface area contributed by atoms with Crippen molar-refractivity contribution in [3.8, 4) is 5.75 Å². The number of para-hydroxylation sites is 3. The summed E-state index contributed by atoms with van der Waals surface area (Å²) in [6, 6.07) is 27.5. The van der Waals surface area contributed by atoms with E-state index in [0.717, 1.165) is 17.9 Å². The second-order valence-electron chi connectivity index (χ2n) is 6.77. The molecule has 3 aromatic carbocycles. The Morgan fingerprint density at radius 1 is 0.889 bits per heavy atom. The molecule has 0 aliphatic heterocycles. The van der Waals surface area contributed by atoms with Crippen molar-refractivity contribution in [2.75, 3.05) is 19.1 Å². The van der Waals surface area contributed by atoms with Crippen molar-refractivity contribution >= 4 is 16.6 Å². The topological polar surface area (TPSA) is 28.3 Å². The van der Waals surface area contributed by atoms with Crippen LogP contribution in [-0.4, -0.2) is 19.1 Å². The summed E-state index contributed by atoms with van der Waals surface area (Å²) in [4.78, 5) is 5.72. The molecular formula is C24H24N2O. The van der Waals surface area contributed by atoms with Crippen LogP contribution in [0.4, 0.5) is 5.69 Å². The summed E-state index contributed by atoms with van der Waals surface area (Å²) in [7, 11) is 3.87. The molecule has 0 saturated heterocycles. The highest BCUT2D eigenvalue weighted by Crippen LogP contribution is 2.35. The maximum atomic E-state index is 5.61. The van der Waals surface area contributed by atoms with E-state index in [9.17, 15) is 0 Å². The van der Waals surface area contributed by atoms with Gasteiger partial charge in [-0.05, 0) is 35.7 Å². The number of H-pyrrole nitrogens is 1. The first-order valence-electron chi connectivity index (χ1n) is 9.23. The average molecular weight is 356 g/mol. The molecule has 3 heteroatoms. The van der Waals surface area contributed by atoms with Crippen LogP contribution in [0.3, 0.4) is 0 Å². The van der Waals surface area contributed by atoms with E-state index >= 15 is 0 Å². The van der Waals surface area contributed by atoms with Crippen molar-refractivity contribution in [1.82, 2.24) is 4.98 Å². The third-order valence-electron chi connectivity index (χ3n) is 5.21. The van der Waals surface area contributed by atoms with E-state index in [4.69, 9.17) is 4.74 Å². The quantitative estimate of drug-likeness (QED) is 0.487. The number of nitrogens with one attached hydrogen (secondary N) is 1. The molecule has 4 rings (SSSR count). The van der Waals surface area contributed by atoms with Gasteiger partial charge >= 0.3 is 0 Å². The van der Waals surface area contributed by atoms with Gasteiger partial charge in [-0.25, -0.2) is 0 Å². The monoisotopic (exact) mass is 356 g/mol. The second kappa shape index (κ2) is 7.58. The molecule has 1 aromatic heterocycles. The molecular weight excluding hydrogens is 332 g/mol. The zero-order valence-corrected chi connectivity index (χ0v) is 15.7. The molecule has 0 saturated carbocycles. The zero-order valence-electron chi connectivity index (χ0n) is 15.7. The Labute approximate surface area is 160 Å². The lowest BCUT2D eigenvalue weighted by molar-refractivity contribution is 0.413. The minimum Gasteiger partial charge on any atom is -0.495 e. The van der Waals surface area contributed by atoms with E-state index < -0.39 is 0 Å². The van der Waals surface area contributed by atoms with Crippen LogP contribution in [-0.2, 0) is 6.42 Å². The predicted molar refractivity (Wildman–Crippen MR) is 113 cm³/mol. The highest BCUT2D eigenvalue weighted by atomic mass is 16.5. The fraction of sp³-hybridized carbons (Fsp3) is 0.167. The number of hydrogen-bond acceptors (Lipinski definition) is 2. The van der Waals surface area contributed by atoms with E-state index in [0.29, 0.717) is 0 Å². The van der Waals surface area contributed by atoms with E-state index in [1.165, 1.54) is 22.0 Å². The number of ether oxygens (including phenoxy) is 1. The number of methoxy groups -OCH3 is 1. The maximum Gasteiger partial charge on any atom is 0.142 e. The largest absolute Gasteiger partial charge is 0.495 e. The number of fused-ring (bicyclic) bond motifs is 1. The molecule has 136 valence electrons. The minimum absolute atomic E-state index is 0.196. The maximum absolute atomic E-state index is 5.61. The Morgan fingerprint density at radius 2 is 1.59 bits per heavy atom. The SMILES string of the molecule is COc1ccccc1N(C)C(Cc1c[nH]c2ccccc12)c1ccccc1. The summed E-state index contributed by atoms with van der Waals surface area (Å²) >= 11 is 0. The van der Waals surface area contributed by atoms with Crippen LogP contribution >= 0.6 is 0 Å². The number of likely N-dealkylation sites (N-methyl/N-ethyl adjacent to an activating group) is 1. The Kier molecular flexibility index (Phi) is 4.84. The third-order valence-corrected chi connectivity index (χ3v) is 5.21. The fourth-order valence-corrected chi connectivity index (χ4v) is 3.75. The van der Waals surface area contributed by atoms with Gasteiger partial charge in [0.15, 0.2) is 0 Å². The first-order chi connectivity index (χ1) is 13.3. The van der Waals surface area contributed by atoms with Crippen LogP contribution in [0.15, 0.2) is 85.1 Å². The number of aromatic amines is 1. The smallest absolute Gasteiger partial charge is 0.142 e. The van der Waals surface area contributed by atoms with Gasteiger partial charge in [0, 0.05) is 24.1 Å². The number of anilines is 1. The molecule has 0 radical (unpaired) electrons. The van der Waals surface area contributed by atoms with Crippen LogP contribution in [0.1, 0.15) is 17.2 Å². The molecule has 1 unspecified atom stereocenters. The van der Waals surface area contributed by atoms with E-state index in [-0.39, 0.29) is 6.04 Å². The molecule has 27 heavy (non-hydrogen) atoms. The second-order valence-corrected chi connectivity index (χ2v) is 6.77. The minimum atomic E-state index is 0.196. The van der Waals surface area contributed by atoms with Gasteiger partial charge in [0.05, 0.1) is 18.8 Å². The highest BCUT2D eigenvalue weighted by molar-refractivity contribution is 5.83. The number of nitrogens with zero attached hydrogens (tertiary/aromatic N) is 1. The van der Waals surface area contributed by atoms with Gasteiger partial charge in [0.1, 0.15) is 5.75 Å². The van der Waals surface area contributed by atoms with Gasteiger partial charge in [0.25, 0.3) is 0 Å². The molecule has 4 aromatic rings. The zero-order chi connectivity index (χ0) is 18.6.